The molecular weight excluding hydrogens is 286 g/mol. The number of carbonyl (C=O) groups is 3. The first kappa shape index (κ1) is 15.7. The molecule has 0 aliphatic carbocycles. The van der Waals surface area contributed by atoms with Crippen LogP contribution in [0, 0.1) is 0 Å². The van der Waals surface area contributed by atoms with E-state index >= 15 is 0 Å². The van der Waals surface area contributed by atoms with Crippen LogP contribution >= 0.6 is 11.6 Å². The molecule has 0 saturated carbocycles. The molecule has 1 aromatic carbocycles. The van der Waals surface area contributed by atoms with Crippen LogP contribution in [0.5, 0.6) is 5.75 Å². The maximum absolute atomic E-state index is 11.5. The van der Waals surface area contributed by atoms with E-state index in [1.54, 1.807) is 0 Å². The monoisotopic (exact) mass is 297 g/mol. The molecule has 0 aliphatic rings. The van der Waals surface area contributed by atoms with E-state index in [2.05, 4.69) is 4.74 Å². The molecule has 0 bridgehead atoms. The van der Waals surface area contributed by atoms with Crippen LogP contribution in [-0.2, 0) is 25.5 Å². The summed E-state index contributed by atoms with van der Waals surface area (Å²) in [4.78, 5) is 33.6. The Morgan fingerprint density at radius 1 is 1.35 bits per heavy atom. The maximum Gasteiger partial charge on any atom is 0.330 e. The summed E-state index contributed by atoms with van der Waals surface area (Å²) in [6, 6.07) is 4.29. The summed E-state index contributed by atoms with van der Waals surface area (Å²) in [5.41, 5.74) is 0.330. The number of esters is 1. The third-order valence-electron chi connectivity index (χ3n) is 2.23. The van der Waals surface area contributed by atoms with Crippen LogP contribution in [0.25, 0.3) is 0 Å². The summed E-state index contributed by atoms with van der Waals surface area (Å²) < 4.78 is 4.29. The lowest BCUT2D eigenvalue weighted by Gasteiger charge is -2.04. The Morgan fingerprint density at radius 3 is 2.65 bits per heavy atom. The number of hydrogen-bond donors (Lipinski definition) is 2. The second kappa shape index (κ2) is 7.30. The third kappa shape index (κ3) is 5.11. The Labute approximate surface area is 120 Å². The molecule has 1 rings (SSSR count). The number of aromatic hydroxyl groups is 1. The minimum atomic E-state index is -0.756. The smallest absolute Gasteiger partial charge is 0.330 e. The van der Waals surface area contributed by atoms with Crippen molar-refractivity contribution in [2.24, 2.45) is 0 Å². The highest BCUT2D eigenvalue weighted by Gasteiger charge is 2.10. The summed E-state index contributed by atoms with van der Waals surface area (Å²) in [6.45, 7) is 0. The zero-order chi connectivity index (χ0) is 15.1. The topological polar surface area (TPSA) is 92.7 Å². The van der Waals surface area contributed by atoms with E-state index in [9.17, 15) is 19.5 Å². The normalized spacial score (nSPS) is 10.3. The fourth-order valence-corrected chi connectivity index (χ4v) is 1.46. The van der Waals surface area contributed by atoms with Gasteiger partial charge in [-0.15, -0.1) is 0 Å². The van der Waals surface area contributed by atoms with Crippen molar-refractivity contribution < 1.29 is 24.2 Å². The van der Waals surface area contributed by atoms with Gasteiger partial charge in [-0.1, -0.05) is 17.7 Å². The number of phenols is 1. The number of amides is 2. The van der Waals surface area contributed by atoms with Crippen LogP contribution in [0.3, 0.4) is 0 Å². The van der Waals surface area contributed by atoms with Crippen LogP contribution in [0.15, 0.2) is 30.4 Å². The Bertz CT molecular complexity index is 568. The number of imide groups is 1. The summed E-state index contributed by atoms with van der Waals surface area (Å²) in [5, 5.41) is 11.9. The molecule has 0 fully saturated rings. The molecule has 2 N–H and O–H groups in total. The van der Waals surface area contributed by atoms with Crippen LogP contribution in [0.4, 0.5) is 0 Å². The molecule has 0 saturated heterocycles. The van der Waals surface area contributed by atoms with Gasteiger partial charge >= 0.3 is 5.97 Å². The predicted octanol–water partition coefficient (Wildman–Crippen LogP) is 0.960. The van der Waals surface area contributed by atoms with E-state index in [1.807, 2.05) is 5.32 Å². The number of hydrogen-bond acceptors (Lipinski definition) is 5. The number of methoxy groups -OCH3 is 1. The van der Waals surface area contributed by atoms with E-state index in [0.29, 0.717) is 10.6 Å². The first-order valence-electron chi connectivity index (χ1n) is 5.49. The van der Waals surface area contributed by atoms with Gasteiger partial charge in [0.2, 0.25) is 5.91 Å². The van der Waals surface area contributed by atoms with Crippen molar-refractivity contribution in [1.82, 2.24) is 5.32 Å². The average Bonchev–Trinajstić information content (AvgIpc) is 2.39. The molecule has 0 radical (unpaired) electrons. The fourth-order valence-electron chi connectivity index (χ4n) is 1.29. The Hall–Kier alpha value is -2.34. The van der Waals surface area contributed by atoms with Crippen molar-refractivity contribution >= 4 is 29.4 Å². The highest BCUT2D eigenvalue weighted by atomic mass is 35.5. The molecule has 0 aliphatic heterocycles. The van der Waals surface area contributed by atoms with E-state index in [4.69, 9.17) is 11.6 Å². The van der Waals surface area contributed by atoms with E-state index < -0.39 is 17.8 Å². The highest BCUT2D eigenvalue weighted by molar-refractivity contribution is 6.30. The molecule has 0 heterocycles. The number of carbonyl (C=O) groups excluding carboxylic acids is 3. The lowest BCUT2D eigenvalue weighted by atomic mass is 10.1. The van der Waals surface area contributed by atoms with Crippen LogP contribution in [-0.4, -0.2) is 30.0 Å². The molecule has 7 heteroatoms. The number of phenolic OH excluding ortho intramolecular Hbond substituents is 1. The van der Waals surface area contributed by atoms with Crippen molar-refractivity contribution in [1.29, 1.82) is 0 Å². The minimum absolute atomic E-state index is 0.134. The van der Waals surface area contributed by atoms with Crippen molar-refractivity contribution in [3.8, 4) is 5.75 Å². The quantitative estimate of drug-likeness (QED) is 0.638. The lowest BCUT2D eigenvalue weighted by Crippen LogP contribution is -2.30. The molecule has 0 atom stereocenters. The Morgan fingerprint density at radius 2 is 2.05 bits per heavy atom. The maximum atomic E-state index is 11.5. The molecule has 6 nitrogen and oxygen atoms in total. The third-order valence-corrected chi connectivity index (χ3v) is 2.47. The van der Waals surface area contributed by atoms with Crippen LogP contribution in [0.1, 0.15) is 5.56 Å². The van der Waals surface area contributed by atoms with Gasteiger partial charge in [0.15, 0.2) is 0 Å². The Kier molecular flexibility index (Phi) is 5.74. The van der Waals surface area contributed by atoms with Crippen molar-refractivity contribution in [3.63, 3.8) is 0 Å². The van der Waals surface area contributed by atoms with Gasteiger partial charge in [0.1, 0.15) is 5.75 Å². The number of nitrogens with one attached hydrogen (secondary N) is 1. The van der Waals surface area contributed by atoms with Crippen molar-refractivity contribution in [3.05, 3.63) is 40.9 Å². The molecule has 0 spiro atoms. The molecule has 20 heavy (non-hydrogen) atoms. The van der Waals surface area contributed by atoms with Crippen molar-refractivity contribution in [2.45, 2.75) is 6.42 Å². The number of halogens is 1. The first-order valence-corrected chi connectivity index (χ1v) is 5.87. The van der Waals surface area contributed by atoms with Crippen LogP contribution in [0.2, 0.25) is 5.02 Å². The highest BCUT2D eigenvalue weighted by Crippen LogP contribution is 2.22. The summed E-state index contributed by atoms with van der Waals surface area (Å²) in [7, 11) is 1.17. The zero-order valence-corrected chi connectivity index (χ0v) is 11.3. The molecule has 106 valence electrons. The summed E-state index contributed by atoms with van der Waals surface area (Å²) in [6.07, 6.45) is 1.58. The van der Waals surface area contributed by atoms with E-state index in [0.717, 1.165) is 12.2 Å². The molecule has 0 aromatic heterocycles. The fraction of sp³-hybridized carbons (Fsp3) is 0.154. The molecular formula is C13H12ClNO5. The van der Waals surface area contributed by atoms with Crippen LogP contribution < -0.4 is 5.32 Å². The average molecular weight is 298 g/mol. The van der Waals surface area contributed by atoms with E-state index in [-0.39, 0.29) is 12.2 Å². The number of ether oxygens (including phenoxy) is 1. The minimum Gasteiger partial charge on any atom is -0.508 e. The Balaban J connectivity index is 2.57. The summed E-state index contributed by atoms with van der Waals surface area (Å²) in [5.74, 6) is -2.22. The van der Waals surface area contributed by atoms with Gasteiger partial charge in [-0.3, -0.25) is 14.9 Å². The van der Waals surface area contributed by atoms with Gasteiger partial charge < -0.3 is 9.84 Å². The van der Waals surface area contributed by atoms with Gasteiger partial charge in [-0.05, 0) is 12.1 Å². The first-order chi connectivity index (χ1) is 9.42. The molecule has 2 amide bonds. The summed E-state index contributed by atoms with van der Waals surface area (Å²) >= 11 is 5.65. The SMILES string of the molecule is COC(=O)/C=C/C(=O)NC(=O)Cc1ccc(Cl)cc1O. The molecule has 1 aromatic rings. The number of rotatable bonds is 4. The van der Waals surface area contributed by atoms with Crippen molar-refractivity contribution in [2.75, 3.05) is 7.11 Å². The standard InChI is InChI=1S/C13H12ClNO5/c1-20-13(19)5-4-11(17)15-12(18)6-8-2-3-9(14)7-10(8)16/h2-5,7,16H,6H2,1H3,(H,15,17,18)/b5-4+. The van der Waals surface area contributed by atoms with Gasteiger partial charge in [0.05, 0.1) is 13.5 Å². The predicted molar refractivity (Wildman–Crippen MR) is 71.1 cm³/mol. The van der Waals surface area contributed by atoms with Gasteiger partial charge in [0.25, 0.3) is 5.91 Å². The van der Waals surface area contributed by atoms with Gasteiger partial charge in [-0.25, -0.2) is 4.79 Å². The van der Waals surface area contributed by atoms with Gasteiger partial charge in [0, 0.05) is 22.7 Å². The van der Waals surface area contributed by atoms with Gasteiger partial charge in [-0.2, -0.15) is 0 Å². The zero-order valence-electron chi connectivity index (χ0n) is 10.6. The van der Waals surface area contributed by atoms with E-state index in [1.165, 1.54) is 25.3 Å². The largest absolute Gasteiger partial charge is 0.508 e. The lowest BCUT2D eigenvalue weighted by molar-refractivity contribution is -0.135. The second-order valence-corrected chi connectivity index (χ2v) is 4.16. The molecule has 0 unspecified atom stereocenters. The second-order valence-electron chi connectivity index (χ2n) is 3.72. The number of benzene rings is 1.